The van der Waals surface area contributed by atoms with Crippen molar-refractivity contribution >= 4 is 17.8 Å². The standard InChI is InChI=1S/C32H37NO7/c1-3-5-6-7-8-21-39-27-19-13-25(14-20-27)32(37)40-28-15-9-23(10-16-28)22-29(31(35)36)33-30(34)24-11-17-26(18-12-24)38-4-2/h9-20,29H,3-8,21-22H2,1-2H3,(H,33,34)(H,35,36)/t29-/m0/s1. The lowest BCUT2D eigenvalue weighted by Gasteiger charge is -2.15. The van der Waals surface area contributed by atoms with Crippen molar-refractivity contribution in [1.82, 2.24) is 5.32 Å². The number of nitrogens with one attached hydrogen (secondary N) is 1. The predicted octanol–water partition coefficient (Wildman–Crippen LogP) is 6.08. The molecule has 0 aromatic heterocycles. The molecule has 0 fully saturated rings. The second-order valence-electron chi connectivity index (χ2n) is 9.35. The van der Waals surface area contributed by atoms with Crippen molar-refractivity contribution in [3.63, 3.8) is 0 Å². The molecule has 8 heteroatoms. The van der Waals surface area contributed by atoms with Gasteiger partial charge >= 0.3 is 11.9 Å². The summed E-state index contributed by atoms with van der Waals surface area (Å²) in [6.45, 7) is 5.20. The van der Waals surface area contributed by atoms with Crippen molar-refractivity contribution in [2.24, 2.45) is 0 Å². The fraction of sp³-hybridized carbons (Fsp3) is 0.344. The van der Waals surface area contributed by atoms with E-state index in [1.165, 1.54) is 19.3 Å². The van der Waals surface area contributed by atoms with Crippen molar-refractivity contribution in [1.29, 1.82) is 0 Å². The minimum absolute atomic E-state index is 0.0619. The number of carbonyl (C=O) groups is 3. The van der Waals surface area contributed by atoms with Crippen LogP contribution in [0.3, 0.4) is 0 Å². The first-order chi connectivity index (χ1) is 19.4. The molecule has 0 spiro atoms. The van der Waals surface area contributed by atoms with E-state index in [0.29, 0.717) is 47.2 Å². The van der Waals surface area contributed by atoms with Gasteiger partial charge in [0.1, 0.15) is 23.3 Å². The van der Waals surface area contributed by atoms with Gasteiger partial charge < -0.3 is 24.6 Å². The maximum absolute atomic E-state index is 12.6. The van der Waals surface area contributed by atoms with E-state index in [-0.39, 0.29) is 6.42 Å². The quantitative estimate of drug-likeness (QED) is 0.127. The predicted molar refractivity (Wildman–Crippen MR) is 152 cm³/mol. The van der Waals surface area contributed by atoms with E-state index in [4.69, 9.17) is 14.2 Å². The highest BCUT2D eigenvalue weighted by atomic mass is 16.5. The molecule has 0 aliphatic rings. The van der Waals surface area contributed by atoms with Crippen LogP contribution < -0.4 is 19.5 Å². The summed E-state index contributed by atoms with van der Waals surface area (Å²) in [5.41, 5.74) is 1.39. The van der Waals surface area contributed by atoms with Gasteiger partial charge in [-0.2, -0.15) is 0 Å². The Morgan fingerprint density at radius 2 is 1.30 bits per heavy atom. The SMILES string of the molecule is CCCCCCCOc1ccc(C(=O)Oc2ccc(C[C@H](NC(=O)c3ccc(OCC)cc3)C(=O)O)cc2)cc1. The highest BCUT2D eigenvalue weighted by Gasteiger charge is 2.21. The molecule has 1 amide bonds. The van der Waals surface area contributed by atoms with Crippen LogP contribution in [-0.2, 0) is 11.2 Å². The number of carboxylic acids is 1. The molecule has 0 bridgehead atoms. The molecule has 3 rings (SSSR count). The van der Waals surface area contributed by atoms with Crippen molar-refractivity contribution in [2.75, 3.05) is 13.2 Å². The van der Waals surface area contributed by atoms with Crippen molar-refractivity contribution in [2.45, 2.75) is 58.4 Å². The molecule has 0 unspecified atom stereocenters. The number of amides is 1. The van der Waals surface area contributed by atoms with Gasteiger partial charge in [-0.3, -0.25) is 4.79 Å². The molecule has 0 radical (unpaired) electrons. The number of carboxylic acid groups (broad SMARTS) is 1. The maximum atomic E-state index is 12.6. The van der Waals surface area contributed by atoms with Gasteiger partial charge in [0.25, 0.3) is 5.91 Å². The zero-order chi connectivity index (χ0) is 28.7. The number of ether oxygens (including phenoxy) is 3. The average Bonchev–Trinajstić information content (AvgIpc) is 2.96. The first-order valence-corrected chi connectivity index (χ1v) is 13.7. The second kappa shape index (κ2) is 15.9. The van der Waals surface area contributed by atoms with Crippen LogP contribution >= 0.6 is 0 Å². The number of hydrogen-bond acceptors (Lipinski definition) is 6. The first kappa shape index (κ1) is 30.2. The lowest BCUT2D eigenvalue weighted by molar-refractivity contribution is -0.139. The molecule has 3 aromatic rings. The molecule has 3 aromatic carbocycles. The molecule has 212 valence electrons. The summed E-state index contributed by atoms with van der Waals surface area (Å²) >= 11 is 0. The zero-order valence-electron chi connectivity index (χ0n) is 23.1. The van der Waals surface area contributed by atoms with Crippen molar-refractivity contribution < 1.29 is 33.7 Å². The van der Waals surface area contributed by atoms with Crippen LogP contribution in [0.25, 0.3) is 0 Å². The normalized spacial score (nSPS) is 11.3. The summed E-state index contributed by atoms with van der Waals surface area (Å²) in [5.74, 6) is -0.498. The van der Waals surface area contributed by atoms with Gasteiger partial charge in [0.15, 0.2) is 0 Å². The largest absolute Gasteiger partial charge is 0.494 e. The molecule has 0 aliphatic heterocycles. The van der Waals surface area contributed by atoms with Crippen molar-refractivity contribution in [3.8, 4) is 17.2 Å². The summed E-state index contributed by atoms with van der Waals surface area (Å²) in [6.07, 6.45) is 5.87. The Hall–Kier alpha value is -4.33. The van der Waals surface area contributed by atoms with Crippen LogP contribution in [0.2, 0.25) is 0 Å². The molecule has 0 saturated carbocycles. The van der Waals surface area contributed by atoms with Crippen LogP contribution in [0.4, 0.5) is 0 Å². The fourth-order valence-corrected chi connectivity index (χ4v) is 3.99. The van der Waals surface area contributed by atoms with E-state index in [2.05, 4.69) is 12.2 Å². The molecule has 0 aliphatic carbocycles. The summed E-state index contributed by atoms with van der Waals surface area (Å²) < 4.78 is 16.6. The van der Waals surface area contributed by atoms with Gasteiger partial charge in [0.05, 0.1) is 18.8 Å². The van der Waals surface area contributed by atoms with E-state index in [1.807, 2.05) is 6.92 Å². The Balaban J connectivity index is 1.50. The zero-order valence-corrected chi connectivity index (χ0v) is 23.1. The Kier molecular flexibility index (Phi) is 12.0. The van der Waals surface area contributed by atoms with Gasteiger partial charge in [0.2, 0.25) is 0 Å². The highest BCUT2D eigenvalue weighted by molar-refractivity contribution is 5.96. The topological polar surface area (TPSA) is 111 Å². The molecule has 2 N–H and O–H groups in total. The van der Waals surface area contributed by atoms with Gasteiger partial charge in [-0.1, -0.05) is 44.7 Å². The highest BCUT2D eigenvalue weighted by Crippen LogP contribution is 2.18. The molecular weight excluding hydrogens is 510 g/mol. The number of esters is 1. The van der Waals surface area contributed by atoms with Gasteiger partial charge in [-0.05, 0) is 79.6 Å². The monoisotopic (exact) mass is 547 g/mol. The molecular formula is C32H37NO7. The summed E-state index contributed by atoms with van der Waals surface area (Å²) in [7, 11) is 0. The summed E-state index contributed by atoms with van der Waals surface area (Å²) in [6, 6.07) is 18.7. The van der Waals surface area contributed by atoms with Crippen LogP contribution in [0.5, 0.6) is 17.2 Å². The average molecular weight is 548 g/mol. The number of benzene rings is 3. The minimum Gasteiger partial charge on any atom is -0.494 e. The number of hydrogen-bond donors (Lipinski definition) is 2. The van der Waals surface area contributed by atoms with Crippen LogP contribution in [0, 0.1) is 0 Å². The lowest BCUT2D eigenvalue weighted by Crippen LogP contribution is -2.42. The number of rotatable bonds is 16. The third kappa shape index (κ3) is 9.76. The number of unbranched alkanes of at least 4 members (excludes halogenated alkanes) is 4. The Morgan fingerprint density at radius 3 is 1.90 bits per heavy atom. The van der Waals surface area contributed by atoms with Crippen LogP contribution in [0.1, 0.15) is 72.2 Å². The Labute approximate surface area is 235 Å². The van der Waals surface area contributed by atoms with E-state index in [1.54, 1.807) is 72.8 Å². The molecule has 8 nitrogen and oxygen atoms in total. The van der Waals surface area contributed by atoms with Gasteiger partial charge in [-0.15, -0.1) is 0 Å². The van der Waals surface area contributed by atoms with E-state index in [9.17, 15) is 19.5 Å². The van der Waals surface area contributed by atoms with Crippen molar-refractivity contribution in [3.05, 3.63) is 89.5 Å². The Morgan fingerprint density at radius 1 is 0.725 bits per heavy atom. The second-order valence-corrected chi connectivity index (χ2v) is 9.35. The van der Waals surface area contributed by atoms with E-state index >= 15 is 0 Å². The lowest BCUT2D eigenvalue weighted by atomic mass is 10.1. The first-order valence-electron chi connectivity index (χ1n) is 13.7. The third-order valence-electron chi connectivity index (χ3n) is 6.21. The van der Waals surface area contributed by atoms with Gasteiger partial charge in [-0.25, -0.2) is 9.59 Å². The molecule has 40 heavy (non-hydrogen) atoms. The third-order valence-corrected chi connectivity index (χ3v) is 6.21. The molecule has 0 heterocycles. The fourth-order valence-electron chi connectivity index (χ4n) is 3.99. The van der Waals surface area contributed by atoms with E-state index in [0.717, 1.165) is 12.8 Å². The van der Waals surface area contributed by atoms with Gasteiger partial charge in [0, 0.05) is 12.0 Å². The van der Waals surface area contributed by atoms with Crippen LogP contribution in [0.15, 0.2) is 72.8 Å². The Bertz CT molecular complexity index is 1220. The summed E-state index contributed by atoms with van der Waals surface area (Å²) in [5, 5.41) is 12.2. The smallest absolute Gasteiger partial charge is 0.343 e. The van der Waals surface area contributed by atoms with E-state index < -0.39 is 23.9 Å². The molecule has 0 saturated heterocycles. The number of carbonyl (C=O) groups excluding carboxylic acids is 2. The van der Waals surface area contributed by atoms with Crippen LogP contribution in [-0.4, -0.2) is 42.2 Å². The number of aliphatic carboxylic acids is 1. The minimum atomic E-state index is -1.15. The maximum Gasteiger partial charge on any atom is 0.343 e. The molecule has 1 atom stereocenters. The summed E-state index contributed by atoms with van der Waals surface area (Å²) in [4.78, 5) is 36.9.